The molecule has 0 fully saturated rings. The number of hydrogen-bond donors (Lipinski definition) is 2. The van der Waals surface area contributed by atoms with E-state index in [1.54, 1.807) is 19.2 Å². The number of azide groups is 1. The maximum atomic E-state index is 12.1. The van der Waals surface area contributed by atoms with Gasteiger partial charge in [0.2, 0.25) is 0 Å². The average Bonchev–Trinajstić information content (AvgIpc) is 2.86. The van der Waals surface area contributed by atoms with Crippen molar-refractivity contribution in [1.82, 2.24) is 10.8 Å². The molecule has 1 rings (SSSR count). The minimum atomic E-state index is -5.01. The van der Waals surface area contributed by atoms with Crippen molar-refractivity contribution in [3.05, 3.63) is 40.3 Å². The van der Waals surface area contributed by atoms with Crippen LogP contribution < -0.4 is 15.5 Å². The number of carbonyl (C=O) groups excluding carboxylic acids is 3. The molecule has 13 nitrogen and oxygen atoms in total. The molecule has 2 atom stereocenters. The normalized spacial score (nSPS) is 12.6. The molecule has 0 aliphatic heterocycles. The topological polar surface area (TPSA) is 170 Å². The molecule has 0 saturated heterocycles. The Labute approximate surface area is 210 Å². The lowest BCUT2D eigenvalue weighted by molar-refractivity contribution is -0.173. The van der Waals surface area contributed by atoms with Crippen molar-refractivity contribution in [2.24, 2.45) is 5.11 Å². The van der Waals surface area contributed by atoms with Crippen molar-refractivity contribution >= 4 is 17.8 Å². The summed E-state index contributed by atoms with van der Waals surface area (Å²) < 4.78 is 57.5. The highest BCUT2D eigenvalue weighted by atomic mass is 19.4. The van der Waals surface area contributed by atoms with Crippen LogP contribution in [0.25, 0.3) is 10.4 Å². The summed E-state index contributed by atoms with van der Waals surface area (Å²) in [6, 6.07) is 5.77. The van der Waals surface area contributed by atoms with Crippen LogP contribution in [0.5, 0.6) is 5.75 Å². The van der Waals surface area contributed by atoms with Crippen LogP contribution in [0.3, 0.4) is 0 Å². The molecule has 2 unspecified atom stereocenters. The lowest BCUT2D eigenvalue weighted by atomic mass is 10.2. The van der Waals surface area contributed by atoms with E-state index in [-0.39, 0.29) is 37.7 Å². The maximum Gasteiger partial charge on any atom is 0.471 e. The first-order chi connectivity index (χ1) is 17.6. The van der Waals surface area contributed by atoms with Crippen LogP contribution in [-0.2, 0) is 28.6 Å². The number of rotatable bonds is 17. The van der Waals surface area contributed by atoms with Gasteiger partial charge in [-0.2, -0.15) is 13.2 Å². The summed E-state index contributed by atoms with van der Waals surface area (Å²) in [4.78, 5) is 42.0. The summed E-state index contributed by atoms with van der Waals surface area (Å²) in [5, 5.41) is 5.05. The Morgan fingerprint density at radius 3 is 2.51 bits per heavy atom. The van der Waals surface area contributed by atoms with E-state index in [0.29, 0.717) is 6.42 Å². The zero-order valence-corrected chi connectivity index (χ0v) is 20.2. The summed E-state index contributed by atoms with van der Waals surface area (Å²) in [6.07, 6.45) is -6.38. The van der Waals surface area contributed by atoms with Crippen molar-refractivity contribution in [2.75, 3.05) is 39.6 Å². The van der Waals surface area contributed by atoms with Gasteiger partial charge in [-0.15, -0.1) is 0 Å². The zero-order valence-electron chi connectivity index (χ0n) is 20.2. The third-order valence-electron chi connectivity index (χ3n) is 4.21. The van der Waals surface area contributed by atoms with Crippen LogP contribution in [0.4, 0.5) is 13.2 Å². The van der Waals surface area contributed by atoms with Crippen LogP contribution in [0.1, 0.15) is 30.6 Å². The highest BCUT2D eigenvalue weighted by Crippen LogP contribution is 2.15. The van der Waals surface area contributed by atoms with Gasteiger partial charge in [0.1, 0.15) is 12.4 Å². The zero-order chi connectivity index (χ0) is 27.7. The van der Waals surface area contributed by atoms with Gasteiger partial charge in [0.05, 0.1) is 26.4 Å². The predicted molar refractivity (Wildman–Crippen MR) is 120 cm³/mol. The average molecular weight is 535 g/mol. The van der Waals surface area contributed by atoms with E-state index in [0.717, 1.165) is 0 Å². The van der Waals surface area contributed by atoms with E-state index in [2.05, 4.69) is 10.0 Å². The third-order valence-corrected chi connectivity index (χ3v) is 4.21. The Balaban J connectivity index is 2.46. The Bertz CT molecular complexity index is 928. The van der Waals surface area contributed by atoms with Gasteiger partial charge in [-0.25, -0.2) is 10.3 Å². The second-order valence-corrected chi connectivity index (χ2v) is 6.92. The van der Waals surface area contributed by atoms with E-state index < -0.39 is 49.4 Å². The molecule has 1 aromatic rings. The van der Waals surface area contributed by atoms with Gasteiger partial charge in [0.15, 0.2) is 12.3 Å². The summed E-state index contributed by atoms with van der Waals surface area (Å²) in [7, 11) is 0. The Morgan fingerprint density at radius 2 is 1.86 bits per heavy atom. The minimum Gasteiger partial charge on any atom is -0.491 e. The first kappa shape index (κ1) is 31.4. The number of ether oxygens (including phenoxy) is 4. The fourth-order valence-corrected chi connectivity index (χ4v) is 2.52. The van der Waals surface area contributed by atoms with Crippen molar-refractivity contribution in [3.63, 3.8) is 0 Å². The largest absolute Gasteiger partial charge is 0.491 e. The summed E-state index contributed by atoms with van der Waals surface area (Å²) in [5.74, 6) is -3.11. The van der Waals surface area contributed by atoms with E-state index in [1.807, 2.05) is 5.48 Å². The molecule has 2 amide bonds. The van der Waals surface area contributed by atoms with E-state index >= 15 is 0 Å². The maximum absolute atomic E-state index is 12.1. The fraction of sp³-hybridized carbons (Fsp3) is 0.571. The molecule has 37 heavy (non-hydrogen) atoms. The summed E-state index contributed by atoms with van der Waals surface area (Å²) in [6.45, 7) is 2.61. The van der Waals surface area contributed by atoms with Gasteiger partial charge >= 0.3 is 18.1 Å². The molecule has 0 radical (unpaired) electrons. The van der Waals surface area contributed by atoms with Gasteiger partial charge in [0.25, 0.3) is 5.91 Å². The molecular formula is C21H28F3N5O8. The molecule has 0 saturated carbocycles. The number of alkyl halides is 3. The molecule has 0 aliphatic rings. The molecule has 2 N–H and O–H groups in total. The molecule has 0 spiro atoms. The van der Waals surface area contributed by atoms with Crippen LogP contribution in [0.2, 0.25) is 0 Å². The quantitative estimate of drug-likeness (QED) is 0.0765. The smallest absolute Gasteiger partial charge is 0.471 e. The van der Waals surface area contributed by atoms with Gasteiger partial charge in [-0.1, -0.05) is 18.1 Å². The van der Waals surface area contributed by atoms with Crippen LogP contribution in [0.15, 0.2) is 29.4 Å². The number of amides is 2. The molecule has 0 aromatic heterocycles. The van der Waals surface area contributed by atoms with Crippen molar-refractivity contribution in [2.45, 2.75) is 38.8 Å². The van der Waals surface area contributed by atoms with E-state index in [9.17, 15) is 27.6 Å². The number of nitrogens with zero attached hydrogens (tertiary/aromatic N) is 3. The monoisotopic (exact) mass is 535 g/mol. The van der Waals surface area contributed by atoms with Crippen LogP contribution in [0, 0.1) is 0 Å². The van der Waals surface area contributed by atoms with Crippen molar-refractivity contribution < 1.29 is 51.3 Å². The number of halogens is 3. The van der Waals surface area contributed by atoms with Gasteiger partial charge < -0.3 is 24.3 Å². The molecular weight excluding hydrogens is 507 g/mol. The Kier molecular flexibility index (Phi) is 14.4. The molecule has 16 heteroatoms. The summed E-state index contributed by atoms with van der Waals surface area (Å²) in [5.41, 5.74) is 10.9. The number of hydrogen-bond acceptors (Lipinski definition) is 9. The third kappa shape index (κ3) is 12.8. The first-order valence-electron chi connectivity index (χ1n) is 11.1. The second-order valence-electron chi connectivity index (χ2n) is 6.92. The number of hydroxylamine groups is 1. The van der Waals surface area contributed by atoms with Crippen molar-refractivity contribution in [3.8, 4) is 5.75 Å². The number of carbonyl (C=O) groups is 3. The Morgan fingerprint density at radius 1 is 1.14 bits per heavy atom. The standard InChI is InChI=1S/C21H28F3N5O8/c1-3-16(19(31)33-4-2)34-10-11-35-17(27-29-25)13-36-15-7-5-6-14(12-15)18(30)28-37-9-8-26-20(32)21(22,23)24/h5-7,12,16-17H,3-4,8-11,13H2,1-2H3,(H,26,32)(H,28,30). The van der Waals surface area contributed by atoms with Crippen LogP contribution in [-0.4, -0.2) is 75.9 Å². The second kappa shape index (κ2) is 17.0. The molecule has 206 valence electrons. The van der Waals surface area contributed by atoms with E-state index in [4.69, 9.17) is 29.3 Å². The van der Waals surface area contributed by atoms with Gasteiger partial charge in [0, 0.05) is 17.0 Å². The molecule has 0 bridgehead atoms. The molecule has 0 heterocycles. The molecule has 1 aromatic carbocycles. The lowest BCUT2D eigenvalue weighted by Gasteiger charge is -2.17. The fourth-order valence-electron chi connectivity index (χ4n) is 2.52. The highest BCUT2D eigenvalue weighted by molar-refractivity contribution is 5.93. The highest BCUT2D eigenvalue weighted by Gasteiger charge is 2.38. The SMILES string of the molecule is CCOC(=O)C(CC)OCCOC(COc1cccc(C(=O)NOCCNC(=O)C(F)(F)F)c1)N=[N+]=[N-]. The number of benzene rings is 1. The first-order valence-corrected chi connectivity index (χ1v) is 11.1. The minimum absolute atomic E-state index is 0.00778. The Hall–Kier alpha value is -3.59. The lowest BCUT2D eigenvalue weighted by Crippen LogP contribution is -2.39. The molecule has 0 aliphatic carbocycles. The van der Waals surface area contributed by atoms with E-state index in [1.165, 1.54) is 24.3 Å². The van der Waals surface area contributed by atoms with Crippen LogP contribution >= 0.6 is 0 Å². The number of nitrogens with one attached hydrogen (secondary N) is 2. The van der Waals surface area contributed by atoms with Crippen molar-refractivity contribution in [1.29, 1.82) is 0 Å². The van der Waals surface area contributed by atoms with Gasteiger partial charge in [-0.3, -0.25) is 14.4 Å². The predicted octanol–water partition coefficient (Wildman–Crippen LogP) is 2.42. The summed E-state index contributed by atoms with van der Waals surface area (Å²) >= 11 is 0. The number of esters is 1. The van der Waals surface area contributed by atoms with Gasteiger partial charge in [-0.05, 0) is 37.1 Å².